The van der Waals surface area contributed by atoms with Gasteiger partial charge in [0, 0.05) is 47.7 Å². The number of nitrogens with zero attached hydrogens (tertiary/aromatic N) is 4. The van der Waals surface area contributed by atoms with Crippen LogP contribution < -0.4 is 10.2 Å². The van der Waals surface area contributed by atoms with Crippen LogP contribution in [-0.2, 0) is 4.79 Å². The van der Waals surface area contributed by atoms with Gasteiger partial charge in [0.25, 0.3) is 0 Å². The summed E-state index contributed by atoms with van der Waals surface area (Å²) in [5.41, 5.74) is 0.736. The summed E-state index contributed by atoms with van der Waals surface area (Å²) >= 11 is 0. The molecule has 7 heteroatoms. The van der Waals surface area contributed by atoms with E-state index in [9.17, 15) is 4.79 Å². The topological polar surface area (TPSA) is 86.8 Å². The van der Waals surface area contributed by atoms with Gasteiger partial charge >= 0.3 is 0 Å². The number of piperidine rings is 1. The van der Waals surface area contributed by atoms with Gasteiger partial charge in [0.2, 0.25) is 5.91 Å². The molecule has 0 spiro atoms. The van der Waals surface area contributed by atoms with Crippen LogP contribution in [0.2, 0.25) is 0 Å². The second-order valence-corrected chi connectivity index (χ2v) is 6.94. The van der Waals surface area contributed by atoms with Gasteiger partial charge in [-0.2, -0.15) is 5.10 Å². The third kappa shape index (κ3) is 2.90. The highest BCUT2D eigenvalue weighted by atomic mass is 16.2. The lowest BCUT2D eigenvalue weighted by molar-refractivity contribution is -0.125. The summed E-state index contributed by atoms with van der Waals surface area (Å²) in [6.45, 7) is 5.58. The van der Waals surface area contributed by atoms with Gasteiger partial charge in [-0.3, -0.25) is 9.89 Å². The molecule has 130 valence electrons. The summed E-state index contributed by atoms with van der Waals surface area (Å²) in [7, 11) is 0. The van der Waals surface area contributed by atoms with E-state index in [1.807, 2.05) is 26.1 Å². The van der Waals surface area contributed by atoms with Crippen LogP contribution in [0.5, 0.6) is 0 Å². The van der Waals surface area contributed by atoms with Crippen molar-refractivity contribution >= 4 is 33.5 Å². The molecule has 2 N–H and O–H groups in total. The Morgan fingerprint density at radius 2 is 2.24 bits per heavy atom. The molecule has 1 saturated heterocycles. The molecule has 3 aromatic heterocycles. The summed E-state index contributed by atoms with van der Waals surface area (Å²) in [6, 6.07) is 2.14. The monoisotopic (exact) mass is 338 g/mol. The van der Waals surface area contributed by atoms with Gasteiger partial charge in [0.15, 0.2) is 5.65 Å². The molecule has 0 bridgehead atoms. The number of carbonyl (C=O) groups excluding carboxylic acids is 1. The Bertz CT molecular complexity index is 918. The van der Waals surface area contributed by atoms with Gasteiger partial charge in [-0.15, -0.1) is 0 Å². The number of pyridine rings is 1. The molecule has 1 unspecified atom stereocenters. The van der Waals surface area contributed by atoms with Gasteiger partial charge in [-0.1, -0.05) is 0 Å². The van der Waals surface area contributed by atoms with Crippen molar-refractivity contribution in [1.29, 1.82) is 0 Å². The molecular formula is C18H22N6O. The normalized spacial score (nSPS) is 18.2. The van der Waals surface area contributed by atoms with E-state index in [4.69, 9.17) is 0 Å². The van der Waals surface area contributed by atoms with E-state index in [-0.39, 0.29) is 17.9 Å². The third-order valence-corrected chi connectivity index (χ3v) is 4.71. The molecule has 1 atom stereocenters. The van der Waals surface area contributed by atoms with Crippen molar-refractivity contribution in [2.24, 2.45) is 5.92 Å². The number of rotatable bonds is 3. The predicted molar refractivity (Wildman–Crippen MR) is 97.4 cm³/mol. The Morgan fingerprint density at radius 1 is 1.36 bits per heavy atom. The minimum absolute atomic E-state index is 0.00470. The number of H-pyrrole nitrogens is 1. The molecule has 25 heavy (non-hydrogen) atoms. The number of aromatic amines is 1. The zero-order chi connectivity index (χ0) is 17.4. The SMILES string of the molecule is CC(C)NC(=O)C1CCCN(c2[nH]ncc3cnc4nccc4c23)C1. The first kappa shape index (κ1) is 15.8. The lowest BCUT2D eigenvalue weighted by atomic mass is 9.96. The lowest BCUT2D eigenvalue weighted by Gasteiger charge is -2.34. The fraction of sp³-hybridized carbons (Fsp3) is 0.444. The predicted octanol–water partition coefficient (Wildman–Crippen LogP) is 2.25. The summed E-state index contributed by atoms with van der Waals surface area (Å²) in [5, 5.41) is 13.5. The lowest BCUT2D eigenvalue weighted by Crippen LogP contribution is -2.45. The zero-order valence-electron chi connectivity index (χ0n) is 14.5. The number of fused-ring (bicyclic) bond motifs is 3. The first-order valence-electron chi connectivity index (χ1n) is 8.75. The number of hydrogen-bond acceptors (Lipinski definition) is 5. The number of hydrogen-bond donors (Lipinski definition) is 2. The van der Waals surface area contributed by atoms with Crippen LogP contribution in [0.4, 0.5) is 5.82 Å². The molecule has 0 aromatic carbocycles. The Labute approximate surface area is 145 Å². The molecule has 0 radical (unpaired) electrons. The van der Waals surface area contributed by atoms with Crippen LogP contribution in [0.15, 0.2) is 24.7 Å². The summed E-state index contributed by atoms with van der Waals surface area (Å²) in [4.78, 5) is 23.4. The molecule has 4 heterocycles. The molecule has 0 aliphatic carbocycles. The molecular weight excluding hydrogens is 316 g/mol. The Hall–Kier alpha value is -2.70. The minimum Gasteiger partial charge on any atom is -0.356 e. The van der Waals surface area contributed by atoms with Crippen LogP contribution in [0.3, 0.4) is 0 Å². The molecule has 1 fully saturated rings. The van der Waals surface area contributed by atoms with Gasteiger partial charge < -0.3 is 10.2 Å². The number of amides is 1. The maximum Gasteiger partial charge on any atom is 0.225 e. The van der Waals surface area contributed by atoms with Crippen molar-refractivity contribution in [3.8, 4) is 0 Å². The van der Waals surface area contributed by atoms with Gasteiger partial charge in [0.1, 0.15) is 5.82 Å². The average Bonchev–Trinajstić information content (AvgIpc) is 3.09. The van der Waals surface area contributed by atoms with Crippen LogP contribution in [0.25, 0.3) is 21.8 Å². The van der Waals surface area contributed by atoms with Crippen LogP contribution >= 0.6 is 0 Å². The molecule has 1 aliphatic rings. The first-order chi connectivity index (χ1) is 12.1. The van der Waals surface area contributed by atoms with Crippen molar-refractivity contribution in [1.82, 2.24) is 25.5 Å². The van der Waals surface area contributed by atoms with Crippen molar-refractivity contribution in [3.05, 3.63) is 24.7 Å². The van der Waals surface area contributed by atoms with Gasteiger partial charge in [-0.05, 0) is 32.8 Å². The fourth-order valence-electron chi connectivity index (χ4n) is 3.58. The molecule has 3 aromatic rings. The second-order valence-electron chi connectivity index (χ2n) is 6.94. The van der Waals surface area contributed by atoms with Gasteiger partial charge in [-0.25, -0.2) is 9.97 Å². The van der Waals surface area contributed by atoms with Crippen LogP contribution in [0.1, 0.15) is 26.7 Å². The second kappa shape index (κ2) is 6.31. The molecule has 7 nitrogen and oxygen atoms in total. The van der Waals surface area contributed by atoms with E-state index in [1.54, 1.807) is 12.4 Å². The fourth-order valence-corrected chi connectivity index (χ4v) is 3.58. The highest BCUT2D eigenvalue weighted by Crippen LogP contribution is 2.32. The van der Waals surface area contributed by atoms with E-state index in [1.165, 1.54) is 0 Å². The molecule has 1 amide bonds. The standard InChI is InChI=1S/C18H22N6O/c1-11(2)22-18(25)12-4-3-7-24(10-12)17-15-13(9-21-23-17)8-20-16-14(15)5-6-19-16/h5-6,8-9,11-12,23H,3-4,7,10H2,1-2H3,(H,22,25). The van der Waals surface area contributed by atoms with E-state index in [2.05, 4.69) is 30.4 Å². The number of aromatic nitrogens is 4. The van der Waals surface area contributed by atoms with E-state index < -0.39 is 0 Å². The van der Waals surface area contributed by atoms with E-state index in [0.717, 1.165) is 47.0 Å². The first-order valence-corrected chi connectivity index (χ1v) is 8.75. The zero-order valence-corrected chi connectivity index (χ0v) is 14.5. The van der Waals surface area contributed by atoms with Crippen molar-refractivity contribution < 1.29 is 4.79 Å². The van der Waals surface area contributed by atoms with Crippen molar-refractivity contribution in [3.63, 3.8) is 0 Å². The van der Waals surface area contributed by atoms with E-state index in [0.29, 0.717) is 6.54 Å². The maximum absolute atomic E-state index is 12.4. The van der Waals surface area contributed by atoms with E-state index >= 15 is 0 Å². The highest BCUT2D eigenvalue weighted by molar-refractivity contribution is 6.10. The largest absolute Gasteiger partial charge is 0.356 e. The smallest absolute Gasteiger partial charge is 0.225 e. The summed E-state index contributed by atoms with van der Waals surface area (Å²) in [6.07, 6.45) is 7.26. The number of carbonyl (C=O) groups is 1. The molecule has 1 aliphatic heterocycles. The number of anilines is 1. The molecule has 4 rings (SSSR count). The highest BCUT2D eigenvalue weighted by Gasteiger charge is 2.28. The Morgan fingerprint density at radius 3 is 3.08 bits per heavy atom. The Balaban J connectivity index is 1.71. The quantitative estimate of drug-likeness (QED) is 0.765. The Kier molecular flexibility index (Phi) is 3.99. The van der Waals surface area contributed by atoms with Crippen LogP contribution in [0, 0.1) is 5.92 Å². The molecule has 0 saturated carbocycles. The maximum atomic E-state index is 12.4. The van der Waals surface area contributed by atoms with Gasteiger partial charge in [0.05, 0.1) is 12.1 Å². The minimum atomic E-state index is -0.00470. The van der Waals surface area contributed by atoms with Crippen molar-refractivity contribution in [2.45, 2.75) is 32.7 Å². The van der Waals surface area contributed by atoms with Crippen molar-refractivity contribution in [2.75, 3.05) is 18.0 Å². The summed E-state index contributed by atoms with van der Waals surface area (Å²) in [5.74, 6) is 1.07. The van der Waals surface area contributed by atoms with Crippen LogP contribution in [-0.4, -0.2) is 45.2 Å². The number of nitrogens with one attached hydrogen (secondary N) is 2. The summed E-state index contributed by atoms with van der Waals surface area (Å²) < 4.78 is 0. The third-order valence-electron chi connectivity index (χ3n) is 4.71. The average molecular weight is 338 g/mol.